The van der Waals surface area contributed by atoms with Gasteiger partial charge < -0.3 is 15.4 Å². The van der Waals surface area contributed by atoms with Crippen LogP contribution in [0, 0.1) is 6.07 Å². The highest BCUT2D eigenvalue weighted by atomic mass is 35.5. The van der Waals surface area contributed by atoms with Crippen molar-refractivity contribution in [3.05, 3.63) is 82.4 Å². The fraction of sp³-hybridized carbons (Fsp3) is 0.0952. The molecule has 0 unspecified atom stereocenters. The van der Waals surface area contributed by atoms with E-state index in [1.165, 1.54) is 0 Å². The first-order valence-corrected chi connectivity index (χ1v) is 8.57. The van der Waals surface area contributed by atoms with Crippen LogP contribution in [0.2, 0.25) is 5.02 Å². The monoisotopic (exact) mass is 363 g/mol. The van der Waals surface area contributed by atoms with Crippen molar-refractivity contribution in [2.24, 2.45) is 5.73 Å². The Morgan fingerprint density at radius 1 is 1.12 bits per heavy atom. The minimum atomic E-state index is -0.475. The van der Waals surface area contributed by atoms with Crippen molar-refractivity contribution >= 4 is 39.3 Å². The van der Waals surface area contributed by atoms with E-state index in [0.717, 1.165) is 32.9 Å². The Bertz CT molecular complexity index is 1150. The molecule has 5 heteroatoms. The third kappa shape index (κ3) is 2.73. The highest BCUT2D eigenvalue weighted by molar-refractivity contribution is 6.30. The number of aromatic nitrogens is 1. The van der Waals surface area contributed by atoms with Gasteiger partial charge in [0.15, 0.2) is 0 Å². The van der Waals surface area contributed by atoms with E-state index in [4.69, 9.17) is 17.3 Å². The second kappa shape index (κ2) is 6.48. The molecule has 26 heavy (non-hydrogen) atoms. The van der Waals surface area contributed by atoms with E-state index < -0.39 is 5.91 Å². The van der Waals surface area contributed by atoms with Gasteiger partial charge in [-0.15, -0.1) is 0 Å². The molecule has 3 N–H and O–H groups in total. The lowest BCUT2D eigenvalue weighted by Crippen LogP contribution is -2.11. The summed E-state index contributed by atoms with van der Waals surface area (Å²) in [5.41, 5.74) is 9.63. The van der Waals surface area contributed by atoms with Crippen LogP contribution in [-0.2, 0) is 13.2 Å². The molecule has 1 amide bonds. The number of carbonyl (C=O) groups excluding carboxylic acids is 1. The second-order valence-electron chi connectivity index (χ2n) is 6.21. The molecule has 0 bridgehead atoms. The number of fused-ring (bicyclic) bond motifs is 3. The quantitative estimate of drug-likeness (QED) is 0.577. The summed E-state index contributed by atoms with van der Waals surface area (Å²) >= 11 is 6.13. The minimum absolute atomic E-state index is 0.0756. The maximum atomic E-state index is 11.9. The van der Waals surface area contributed by atoms with Crippen LogP contribution in [0.1, 0.15) is 21.5 Å². The first kappa shape index (κ1) is 16.6. The van der Waals surface area contributed by atoms with Gasteiger partial charge in [0.25, 0.3) is 0 Å². The molecular formula is C21H16ClN2O2. The lowest BCUT2D eigenvalue weighted by atomic mass is 10.0. The molecule has 0 aliphatic heterocycles. The minimum Gasteiger partial charge on any atom is -0.392 e. The third-order valence-electron chi connectivity index (χ3n) is 4.53. The number of aliphatic hydroxyl groups excluding tert-OH is 1. The van der Waals surface area contributed by atoms with E-state index in [2.05, 4.69) is 10.6 Å². The molecule has 1 aromatic heterocycles. The van der Waals surface area contributed by atoms with Crippen LogP contribution in [0.3, 0.4) is 0 Å². The number of halogens is 1. The Hall–Kier alpha value is -2.82. The van der Waals surface area contributed by atoms with Gasteiger partial charge in [0.05, 0.1) is 17.6 Å². The van der Waals surface area contributed by atoms with E-state index in [0.29, 0.717) is 17.1 Å². The van der Waals surface area contributed by atoms with Crippen molar-refractivity contribution in [3.8, 4) is 0 Å². The Morgan fingerprint density at radius 2 is 1.92 bits per heavy atom. The molecule has 4 rings (SSSR count). The maximum Gasteiger partial charge on any atom is 0.249 e. The van der Waals surface area contributed by atoms with Crippen molar-refractivity contribution in [1.29, 1.82) is 0 Å². The summed E-state index contributed by atoms with van der Waals surface area (Å²) in [5, 5.41) is 11.8. The molecule has 1 radical (unpaired) electrons. The first-order chi connectivity index (χ1) is 12.6. The molecule has 0 fully saturated rings. The molecule has 0 atom stereocenters. The van der Waals surface area contributed by atoms with Gasteiger partial charge in [-0.05, 0) is 53.6 Å². The van der Waals surface area contributed by atoms with Gasteiger partial charge in [-0.2, -0.15) is 0 Å². The zero-order chi connectivity index (χ0) is 18.3. The molecular weight excluding hydrogens is 348 g/mol. The number of carbonyl (C=O) groups is 1. The predicted octanol–water partition coefficient (Wildman–Crippen LogP) is 3.89. The van der Waals surface area contributed by atoms with Crippen molar-refractivity contribution in [2.45, 2.75) is 13.2 Å². The summed E-state index contributed by atoms with van der Waals surface area (Å²) in [6.45, 7) is 0.499. The molecule has 4 aromatic rings. The van der Waals surface area contributed by atoms with Gasteiger partial charge in [-0.1, -0.05) is 29.8 Å². The van der Waals surface area contributed by atoms with Crippen LogP contribution >= 0.6 is 11.6 Å². The van der Waals surface area contributed by atoms with Crippen LogP contribution in [0.4, 0.5) is 0 Å². The van der Waals surface area contributed by atoms with Crippen molar-refractivity contribution in [3.63, 3.8) is 0 Å². The van der Waals surface area contributed by atoms with Crippen molar-refractivity contribution in [2.75, 3.05) is 0 Å². The SMILES string of the molecule is NC(=O)c1cccc2c1c1[c]cc(CO)cc1n2Cc1cccc(Cl)c1. The Morgan fingerprint density at radius 3 is 2.65 bits per heavy atom. The number of rotatable bonds is 4. The van der Waals surface area contributed by atoms with Gasteiger partial charge in [-0.25, -0.2) is 0 Å². The first-order valence-electron chi connectivity index (χ1n) is 8.19. The van der Waals surface area contributed by atoms with Gasteiger partial charge in [0.1, 0.15) is 0 Å². The van der Waals surface area contributed by atoms with Gasteiger partial charge >= 0.3 is 0 Å². The normalized spacial score (nSPS) is 11.3. The second-order valence-corrected chi connectivity index (χ2v) is 6.64. The van der Waals surface area contributed by atoms with E-state index in [9.17, 15) is 9.90 Å². The number of benzene rings is 3. The van der Waals surface area contributed by atoms with Crippen LogP contribution in [-0.4, -0.2) is 15.6 Å². The number of hydrogen-bond acceptors (Lipinski definition) is 2. The average molecular weight is 364 g/mol. The summed E-state index contributed by atoms with van der Waals surface area (Å²) in [6.07, 6.45) is 0. The highest BCUT2D eigenvalue weighted by Gasteiger charge is 2.17. The largest absolute Gasteiger partial charge is 0.392 e. The van der Waals surface area contributed by atoms with E-state index in [-0.39, 0.29) is 6.61 Å². The number of nitrogens with zero attached hydrogens (tertiary/aromatic N) is 1. The van der Waals surface area contributed by atoms with Crippen molar-refractivity contribution < 1.29 is 9.90 Å². The van der Waals surface area contributed by atoms with Gasteiger partial charge in [0.2, 0.25) is 5.91 Å². The molecule has 0 aliphatic rings. The van der Waals surface area contributed by atoms with E-state index >= 15 is 0 Å². The molecule has 3 aromatic carbocycles. The summed E-state index contributed by atoms with van der Waals surface area (Å²) < 4.78 is 2.10. The van der Waals surface area contributed by atoms with Crippen LogP contribution in [0.25, 0.3) is 21.8 Å². The summed E-state index contributed by atoms with van der Waals surface area (Å²) in [7, 11) is 0. The Kier molecular flexibility index (Phi) is 4.15. The third-order valence-corrected chi connectivity index (χ3v) is 4.77. The zero-order valence-corrected chi connectivity index (χ0v) is 14.6. The number of primary amides is 1. The maximum absolute atomic E-state index is 11.9. The molecule has 0 aliphatic carbocycles. The lowest BCUT2D eigenvalue weighted by Gasteiger charge is -2.09. The highest BCUT2D eigenvalue weighted by Crippen LogP contribution is 2.33. The number of aliphatic hydroxyl groups is 1. The predicted molar refractivity (Wildman–Crippen MR) is 103 cm³/mol. The topological polar surface area (TPSA) is 68.2 Å². The van der Waals surface area contributed by atoms with E-state index in [1.807, 2.05) is 42.5 Å². The van der Waals surface area contributed by atoms with Crippen molar-refractivity contribution in [1.82, 2.24) is 4.57 Å². The number of hydrogen-bond donors (Lipinski definition) is 2. The zero-order valence-electron chi connectivity index (χ0n) is 13.9. The molecule has 0 saturated heterocycles. The Balaban J connectivity index is 2.05. The fourth-order valence-electron chi connectivity index (χ4n) is 3.38. The molecule has 4 nitrogen and oxygen atoms in total. The van der Waals surface area contributed by atoms with Gasteiger partial charge in [-0.3, -0.25) is 4.79 Å². The average Bonchev–Trinajstić information content (AvgIpc) is 2.95. The lowest BCUT2D eigenvalue weighted by molar-refractivity contribution is 0.100. The van der Waals surface area contributed by atoms with Crippen LogP contribution in [0.15, 0.2) is 54.6 Å². The summed E-state index contributed by atoms with van der Waals surface area (Å²) in [6, 6.07) is 20.0. The molecule has 0 saturated carbocycles. The number of amides is 1. The fourth-order valence-corrected chi connectivity index (χ4v) is 3.60. The summed E-state index contributed by atoms with van der Waals surface area (Å²) in [5.74, 6) is -0.475. The summed E-state index contributed by atoms with van der Waals surface area (Å²) in [4.78, 5) is 11.9. The van der Waals surface area contributed by atoms with Crippen LogP contribution < -0.4 is 5.73 Å². The van der Waals surface area contributed by atoms with E-state index in [1.54, 1.807) is 12.1 Å². The Labute approximate surface area is 155 Å². The molecule has 129 valence electrons. The van der Waals surface area contributed by atoms with Crippen LogP contribution in [0.5, 0.6) is 0 Å². The molecule has 0 spiro atoms. The standard InChI is InChI=1S/C21H16ClN2O2/c22-15-4-1-3-13(9-15)11-24-18-6-2-5-17(21(23)26)20(18)16-8-7-14(12-25)10-19(16)24/h1-7,9-10,25H,11-12H2,(H2,23,26). The molecule has 1 heterocycles. The van der Waals surface area contributed by atoms with Gasteiger partial charge in [0, 0.05) is 27.9 Å². The smallest absolute Gasteiger partial charge is 0.249 e. The number of nitrogens with two attached hydrogens (primary N) is 1.